The molecule has 0 atom stereocenters. The fourth-order valence-electron chi connectivity index (χ4n) is 2.31. The van der Waals surface area contributed by atoms with Gasteiger partial charge in [-0.15, -0.1) is 0 Å². The number of rotatable bonds is 4. The molecule has 0 bridgehead atoms. The van der Waals surface area contributed by atoms with Crippen molar-refractivity contribution in [1.29, 1.82) is 0 Å². The molecule has 1 aromatic heterocycles. The van der Waals surface area contributed by atoms with Crippen molar-refractivity contribution in [3.63, 3.8) is 0 Å². The molecule has 3 aromatic rings. The average molecular weight is 313 g/mol. The molecule has 0 fully saturated rings. The molecule has 116 valence electrons. The average Bonchev–Trinajstić information content (AvgIpc) is 2.54. The van der Waals surface area contributed by atoms with Gasteiger partial charge in [-0.2, -0.15) is 0 Å². The van der Waals surface area contributed by atoms with Gasteiger partial charge in [-0.25, -0.2) is 8.78 Å². The minimum atomic E-state index is -0.946. The Kier molecular flexibility index (Phi) is 3.89. The molecule has 1 heterocycles. The SMILES string of the molecule is NC(=O)c1ccc(F)c(CNc2cnc3ccccc3c2)c1F. The van der Waals surface area contributed by atoms with Gasteiger partial charge in [0, 0.05) is 17.5 Å². The molecule has 3 N–H and O–H groups in total. The van der Waals surface area contributed by atoms with Crippen molar-refractivity contribution in [1.82, 2.24) is 4.98 Å². The number of nitrogens with two attached hydrogens (primary N) is 1. The lowest BCUT2D eigenvalue weighted by molar-refractivity contribution is 0.0996. The summed E-state index contributed by atoms with van der Waals surface area (Å²) in [7, 11) is 0. The fourth-order valence-corrected chi connectivity index (χ4v) is 2.31. The predicted octanol–water partition coefficient (Wildman–Crippen LogP) is 3.22. The second-order valence-electron chi connectivity index (χ2n) is 5.02. The van der Waals surface area contributed by atoms with Crippen LogP contribution in [0.25, 0.3) is 10.9 Å². The highest BCUT2D eigenvalue weighted by molar-refractivity contribution is 5.93. The number of hydrogen-bond acceptors (Lipinski definition) is 3. The van der Waals surface area contributed by atoms with Crippen LogP contribution in [0.4, 0.5) is 14.5 Å². The van der Waals surface area contributed by atoms with E-state index in [1.54, 1.807) is 6.20 Å². The van der Waals surface area contributed by atoms with Crippen LogP contribution in [-0.2, 0) is 6.54 Å². The van der Waals surface area contributed by atoms with Crippen molar-refractivity contribution in [2.45, 2.75) is 6.54 Å². The van der Waals surface area contributed by atoms with E-state index in [2.05, 4.69) is 10.3 Å². The zero-order valence-corrected chi connectivity index (χ0v) is 12.0. The molecule has 0 radical (unpaired) electrons. The third kappa shape index (κ3) is 2.96. The molecule has 23 heavy (non-hydrogen) atoms. The van der Waals surface area contributed by atoms with Gasteiger partial charge in [-0.3, -0.25) is 9.78 Å². The van der Waals surface area contributed by atoms with Crippen LogP contribution >= 0.6 is 0 Å². The van der Waals surface area contributed by atoms with Crippen molar-refractivity contribution in [2.24, 2.45) is 5.73 Å². The first-order chi connectivity index (χ1) is 11.1. The van der Waals surface area contributed by atoms with Crippen LogP contribution in [0, 0.1) is 11.6 Å². The number of carbonyl (C=O) groups excluding carboxylic acids is 1. The number of benzene rings is 2. The fraction of sp³-hybridized carbons (Fsp3) is 0.0588. The van der Waals surface area contributed by atoms with Crippen molar-refractivity contribution in [2.75, 3.05) is 5.32 Å². The summed E-state index contributed by atoms with van der Waals surface area (Å²) in [5.41, 5.74) is 5.94. The molecule has 4 nitrogen and oxygen atoms in total. The van der Waals surface area contributed by atoms with Crippen molar-refractivity contribution in [3.05, 3.63) is 71.4 Å². The lowest BCUT2D eigenvalue weighted by Crippen LogP contribution is -2.16. The van der Waals surface area contributed by atoms with Gasteiger partial charge < -0.3 is 11.1 Å². The molecule has 1 amide bonds. The predicted molar refractivity (Wildman–Crippen MR) is 83.9 cm³/mol. The number of para-hydroxylation sites is 1. The Labute approximate surface area is 131 Å². The van der Waals surface area contributed by atoms with Crippen LogP contribution < -0.4 is 11.1 Å². The molecule has 3 rings (SSSR count). The molecule has 2 aromatic carbocycles. The summed E-state index contributed by atoms with van der Waals surface area (Å²) in [5, 5.41) is 3.81. The van der Waals surface area contributed by atoms with E-state index in [4.69, 9.17) is 5.73 Å². The Morgan fingerprint density at radius 2 is 1.96 bits per heavy atom. The first-order valence-corrected chi connectivity index (χ1v) is 6.91. The normalized spacial score (nSPS) is 10.7. The third-order valence-electron chi connectivity index (χ3n) is 3.51. The number of aromatic nitrogens is 1. The van der Waals surface area contributed by atoms with Gasteiger partial charge >= 0.3 is 0 Å². The molecule has 0 aliphatic heterocycles. The van der Waals surface area contributed by atoms with Crippen LogP contribution in [0.5, 0.6) is 0 Å². The second kappa shape index (κ2) is 6.00. The Hall–Kier alpha value is -3.02. The number of nitrogens with one attached hydrogen (secondary N) is 1. The summed E-state index contributed by atoms with van der Waals surface area (Å²) in [5.74, 6) is -2.62. The Morgan fingerprint density at radius 3 is 2.74 bits per heavy atom. The highest BCUT2D eigenvalue weighted by atomic mass is 19.1. The van der Waals surface area contributed by atoms with E-state index in [1.807, 2.05) is 30.3 Å². The summed E-state index contributed by atoms with van der Waals surface area (Å²) in [6.45, 7) is -0.126. The minimum absolute atomic E-state index is 0.126. The number of amides is 1. The molecular weight excluding hydrogens is 300 g/mol. The first kappa shape index (κ1) is 14.9. The van der Waals surface area contributed by atoms with E-state index in [0.29, 0.717) is 5.69 Å². The molecule has 0 aliphatic carbocycles. The number of anilines is 1. The van der Waals surface area contributed by atoms with Gasteiger partial charge in [0.2, 0.25) is 0 Å². The van der Waals surface area contributed by atoms with E-state index >= 15 is 0 Å². The van der Waals surface area contributed by atoms with Crippen molar-refractivity contribution in [3.8, 4) is 0 Å². The molecule has 0 spiro atoms. The highest BCUT2D eigenvalue weighted by Crippen LogP contribution is 2.20. The summed E-state index contributed by atoms with van der Waals surface area (Å²) >= 11 is 0. The standard InChI is InChI=1S/C17H13F2N3O/c18-14-6-5-12(17(20)23)16(19)13(14)9-21-11-7-10-3-1-2-4-15(10)22-8-11/h1-8,21H,9H2,(H2,20,23). The van der Waals surface area contributed by atoms with Gasteiger partial charge in [0.15, 0.2) is 0 Å². The molecule has 0 saturated carbocycles. The van der Waals surface area contributed by atoms with Crippen molar-refractivity contribution >= 4 is 22.5 Å². The minimum Gasteiger partial charge on any atom is -0.379 e. The van der Waals surface area contributed by atoms with E-state index in [1.165, 1.54) is 0 Å². The van der Waals surface area contributed by atoms with Crippen molar-refractivity contribution < 1.29 is 13.6 Å². The Bertz CT molecular complexity index is 896. The number of pyridine rings is 1. The first-order valence-electron chi connectivity index (χ1n) is 6.91. The summed E-state index contributed by atoms with van der Waals surface area (Å²) in [6.07, 6.45) is 1.58. The number of halogens is 2. The maximum absolute atomic E-state index is 14.1. The molecule has 0 unspecified atom stereocenters. The number of nitrogens with zero attached hydrogens (tertiary/aromatic N) is 1. The molecular formula is C17H13F2N3O. The van der Waals surface area contributed by atoms with E-state index in [-0.39, 0.29) is 17.7 Å². The number of carbonyl (C=O) groups is 1. The zero-order chi connectivity index (χ0) is 16.4. The smallest absolute Gasteiger partial charge is 0.251 e. The van der Waals surface area contributed by atoms with Gasteiger partial charge in [0.1, 0.15) is 11.6 Å². The summed E-state index contributed by atoms with van der Waals surface area (Å²) in [6, 6.07) is 11.4. The maximum atomic E-state index is 14.1. The number of fused-ring (bicyclic) bond motifs is 1. The largest absolute Gasteiger partial charge is 0.379 e. The van der Waals surface area contributed by atoms with Crippen LogP contribution in [0.15, 0.2) is 48.7 Å². The lowest BCUT2D eigenvalue weighted by Gasteiger charge is -2.10. The van der Waals surface area contributed by atoms with Gasteiger partial charge in [0.25, 0.3) is 5.91 Å². The zero-order valence-electron chi connectivity index (χ0n) is 12.0. The van der Waals surface area contributed by atoms with E-state index in [9.17, 15) is 13.6 Å². The monoisotopic (exact) mass is 313 g/mol. The molecule has 0 aliphatic rings. The van der Waals surface area contributed by atoms with E-state index in [0.717, 1.165) is 23.0 Å². The van der Waals surface area contributed by atoms with Crippen LogP contribution in [-0.4, -0.2) is 10.9 Å². The topological polar surface area (TPSA) is 68.0 Å². The van der Waals surface area contributed by atoms with Gasteiger partial charge in [-0.05, 0) is 24.3 Å². The highest BCUT2D eigenvalue weighted by Gasteiger charge is 2.16. The van der Waals surface area contributed by atoms with Crippen LogP contribution in [0.2, 0.25) is 0 Å². The van der Waals surface area contributed by atoms with E-state index < -0.39 is 17.5 Å². The summed E-state index contributed by atoms with van der Waals surface area (Å²) in [4.78, 5) is 15.4. The van der Waals surface area contributed by atoms with Gasteiger partial charge in [0.05, 0.1) is 23.0 Å². The quantitative estimate of drug-likeness (QED) is 0.777. The van der Waals surface area contributed by atoms with Crippen LogP contribution in [0.1, 0.15) is 15.9 Å². The van der Waals surface area contributed by atoms with Crippen LogP contribution in [0.3, 0.4) is 0 Å². The van der Waals surface area contributed by atoms with Gasteiger partial charge in [-0.1, -0.05) is 18.2 Å². The Morgan fingerprint density at radius 1 is 1.17 bits per heavy atom. The number of hydrogen-bond donors (Lipinski definition) is 2. The second-order valence-corrected chi connectivity index (χ2v) is 5.02. The Balaban J connectivity index is 1.87. The molecule has 0 saturated heterocycles. The molecule has 6 heteroatoms. The maximum Gasteiger partial charge on any atom is 0.251 e. The lowest BCUT2D eigenvalue weighted by atomic mass is 10.1. The summed E-state index contributed by atoms with van der Waals surface area (Å²) < 4.78 is 27.9. The third-order valence-corrected chi connectivity index (χ3v) is 3.51. The number of primary amides is 1.